The van der Waals surface area contributed by atoms with Gasteiger partial charge in [0.1, 0.15) is 5.15 Å². The smallest absolute Gasteiger partial charge is 0.337 e. The minimum atomic E-state index is -0.363. The first-order valence-corrected chi connectivity index (χ1v) is 8.52. The van der Waals surface area contributed by atoms with Crippen molar-refractivity contribution >= 4 is 40.4 Å². The summed E-state index contributed by atoms with van der Waals surface area (Å²) in [6, 6.07) is 12.5. The topological polar surface area (TPSA) is 88.0 Å². The average molecular weight is 381 g/mol. The van der Waals surface area contributed by atoms with Gasteiger partial charge in [-0.2, -0.15) is 0 Å². The van der Waals surface area contributed by atoms with E-state index in [0.717, 1.165) is 16.6 Å². The Morgan fingerprint density at radius 1 is 1.19 bits per heavy atom. The van der Waals surface area contributed by atoms with Gasteiger partial charge in [-0.1, -0.05) is 23.7 Å². The van der Waals surface area contributed by atoms with E-state index in [-0.39, 0.29) is 5.97 Å². The molecule has 6 nitrogen and oxygen atoms in total. The van der Waals surface area contributed by atoms with E-state index in [4.69, 9.17) is 17.0 Å². The van der Waals surface area contributed by atoms with Crippen LogP contribution in [0.15, 0.2) is 54.9 Å². The molecule has 0 saturated carbocycles. The van der Waals surface area contributed by atoms with Crippen LogP contribution in [-0.2, 0) is 11.3 Å². The number of hydrogen-bond acceptors (Lipinski definition) is 6. The fraction of sp³-hybridized carbons (Fsp3) is 0.100. The third-order valence-corrected chi connectivity index (χ3v) is 4.14. The molecule has 0 aliphatic heterocycles. The number of benzene rings is 1. The third-order valence-electron chi connectivity index (χ3n) is 3.93. The monoisotopic (exact) mass is 380 g/mol. The number of halogens is 1. The molecule has 0 saturated heterocycles. The summed E-state index contributed by atoms with van der Waals surface area (Å²) >= 11 is 5.94. The lowest BCUT2D eigenvalue weighted by molar-refractivity contribution is 0.0600. The third kappa shape index (κ3) is 4.48. The average Bonchev–Trinajstić information content (AvgIpc) is 2.70. The fourth-order valence-electron chi connectivity index (χ4n) is 2.50. The van der Waals surface area contributed by atoms with Crippen LogP contribution in [0, 0.1) is 5.41 Å². The van der Waals surface area contributed by atoms with Crippen LogP contribution < -0.4 is 5.32 Å². The van der Waals surface area contributed by atoms with Crippen molar-refractivity contribution in [2.24, 2.45) is 0 Å². The molecule has 3 rings (SSSR count). The number of allylic oxidation sites excluding steroid dienone is 1. The van der Waals surface area contributed by atoms with Crippen molar-refractivity contribution in [1.82, 2.24) is 15.3 Å². The summed E-state index contributed by atoms with van der Waals surface area (Å²) in [6.07, 6.45) is 4.69. The number of aromatic nitrogens is 2. The van der Waals surface area contributed by atoms with Gasteiger partial charge >= 0.3 is 5.97 Å². The van der Waals surface area contributed by atoms with Gasteiger partial charge < -0.3 is 15.5 Å². The fourth-order valence-corrected chi connectivity index (χ4v) is 2.66. The zero-order chi connectivity index (χ0) is 19.2. The molecule has 3 aromatic rings. The van der Waals surface area contributed by atoms with E-state index in [1.54, 1.807) is 36.7 Å². The van der Waals surface area contributed by atoms with Crippen molar-refractivity contribution < 1.29 is 9.53 Å². The summed E-state index contributed by atoms with van der Waals surface area (Å²) in [5.41, 5.74) is 4.34. The number of nitrogens with zero attached hydrogens (tertiary/aromatic N) is 2. The summed E-state index contributed by atoms with van der Waals surface area (Å²) in [5.74, 6) is -0.363. The number of carbonyl (C=O) groups excluding carboxylic acids is 1. The van der Waals surface area contributed by atoms with Crippen LogP contribution in [0.25, 0.3) is 16.6 Å². The molecule has 0 fully saturated rings. The Kier molecular flexibility index (Phi) is 5.78. The van der Waals surface area contributed by atoms with Crippen molar-refractivity contribution in [2.75, 3.05) is 7.11 Å². The maximum atomic E-state index is 11.4. The van der Waals surface area contributed by atoms with Crippen molar-refractivity contribution in [3.8, 4) is 0 Å². The molecule has 7 heteroatoms. The van der Waals surface area contributed by atoms with Crippen LogP contribution in [-0.4, -0.2) is 29.3 Å². The molecule has 0 spiro atoms. The highest BCUT2D eigenvalue weighted by Gasteiger charge is 2.05. The van der Waals surface area contributed by atoms with Gasteiger partial charge in [-0.05, 0) is 35.9 Å². The molecule has 0 radical (unpaired) electrons. The second-order valence-electron chi connectivity index (χ2n) is 5.71. The SMILES string of the molecule is COC(=O)c1ccc(CN/C=C(\C=N)c2cnc3ccc(Cl)nc3c2)cc1. The number of rotatable bonds is 6. The first-order chi connectivity index (χ1) is 13.1. The lowest BCUT2D eigenvalue weighted by Crippen LogP contribution is -2.07. The van der Waals surface area contributed by atoms with Gasteiger partial charge in [0, 0.05) is 36.3 Å². The molecule has 0 amide bonds. The molecular weight excluding hydrogens is 364 g/mol. The zero-order valence-electron chi connectivity index (χ0n) is 14.6. The summed E-state index contributed by atoms with van der Waals surface area (Å²) in [5, 5.41) is 11.2. The number of pyridine rings is 2. The van der Waals surface area contributed by atoms with Crippen LogP contribution >= 0.6 is 11.6 Å². The number of fused-ring (bicyclic) bond motifs is 1. The lowest BCUT2D eigenvalue weighted by atomic mass is 10.1. The van der Waals surface area contributed by atoms with Crippen LogP contribution in [0.3, 0.4) is 0 Å². The highest BCUT2D eigenvalue weighted by molar-refractivity contribution is 6.29. The molecule has 0 bridgehead atoms. The van der Waals surface area contributed by atoms with Crippen molar-refractivity contribution in [1.29, 1.82) is 5.41 Å². The van der Waals surface area contributed by atoms with Gasteiger partial charge in [0.05, 0.1) is 23.7 Å². The molecule has 1 aromatic carbocycles. The van der Waals surface area contributed by atoms with Gasteiger partial charge in [-0.25, -0.2) is 9.78 Å². The molecule has 2 heterocycles. The van der Waals surface area contributed by atoms with E-state index in [1.165, 1.54) is 13.3 Å². The van der Waals surface area contributed by atoms with Gasteiger partial charge in [-0.15, -0.1) is 0 Å². The summed E-state index contributed by atoms with van der Waals surface area (Å²) in [6.45, 7) is 0.546. The molecule has 0 atom stereocenters. The first kappa shape index (κ1) is 18.5. The van der Waals surface area contributed by atoms with E-state index in [9.17, 15) is 4.79 Å². The van der Waals surface area contributed by atoms with E-state index in [1.807, 2.05) is 18.2 Å². The Balaban J connectivity index is 1.73. The minimum Gasteiger partial charge on any atom is -0.465 e. The second-order valence-corrected chi connectivity index (χ2v) is 6.10. The van der Waals surface area contributed by atoms with Crippen LogP contribution in [0.5, 0.6) is 0 Å². The van der Waals surface area contributed by atoms with E-state index >= 15 is 0 Å². The Morgan fingerprint density at radius 2 is 1.96 bits per heavy atom. The van der Waals surface area contributed by atoms with E-state index in [0.29, 0.717) is 28.4 Å². The molecule has 136 valence electrons. The zero-order valence-corrected chi connectivity index (χ0v) is 15.3. The molecule has 2 N–H and O–H groups in total. The number of nitrogens with one attached hydrogen (secondary N) is 2. The summed E-state index contributed by atoms with van der Waals surface area (Å²) < 4.78 is 4.68. The number of carbonyl (C=O) groups is 1. The van der Waals surface area contributed by atoms with Crippen molar-refractivity contribution in [3.63, 3.8) is 0 Å². The summed E-state index contributed by atoms with van der Waals surface area (Å²) in [7, 11) is 1.35. The van der Waals surface area contributed by atoms with Gasteiger partial charge in [0.25, 0.3) is 0 Å². The number of hydrogen-bond donors (Lipinski definition) is 2. The Hall–Kier alpha value is -3.25. The minimum absolute atomic E-state index is 0.363. The van der Waals surface area contributed by atoms with Gasteiger partial charge in [0.2, 0.25) is 0 Å². The van der Waals surface area contributed by atoms with Gasteiger partial charge in [-0.3, -0.25) is 4.98 Å². The normalized spacial score (nSPS) is 11.3. The molecule has 2 aromatic heterocycles. The molecule has 0 aliphatic carbocycles. The number of methoxy groups -OCH3 is 1. The van der Waals surface area contributed by atoms with E-state index < -0.39 is 0 Å². The van der Waals surface area contributed by atoms with Gasteiger partial charge in [0.15, 0.2) is 0 Å². The highest BCUT2D eigenvalue weighted by Crippen LogP contribution is 2.18. The lowest BCUT2D eigenvalue weighted by Gasteiger charge is -2.06. The Morgan fingerprint density at radius 3 is 2.67 bits per heavy atom. The maximum absolute atomic E-state index is 11.4. The van der Waals surface area contributed by atoms with Crippen LogP contribution in [0.1, 0.15) is 21.5 Å². The largest absolute Gasteiger partial charge is 0.465 e. The van der Waals surface area contributed by atoms with Crippen LogP contribution in [0.2, 0.25) is 5.15 Å². The maximum Gasteiger partial charge on any atom is 0.337 e. The first-order valence-electron chi connectivity index (χ1n) is 8.14. The number of ether oxygens (including phenoxy) is 1. The molecule has 0 aliphatic rings. The quantitative estimate of drug-likeness (QED) is 0.385. The molecule has 27 heavy (non-hydrogen) atoms. The Labute approximate surface area is 161 Å². The highest BCUT2D eigenvalue weighted by atomic mass is 35.5. The molecule has 0 unspecified atom stereocenters. The molecular formula is C20H17ClN4O2. The second kappa shape index (κ2) is 8.42. The predicted molar refractivity (Wildman–Crippen MR) is 106 cm³/mol. The van der Waals surface area contributed by atoms with Crippen molar-refractivity contribution in [3.05, 3.63) is 76.7 Å². The Bertz CT molecular complexity index is 1020. The standard InChI is InChI=1S/C20H17ClN4O2/c1-27-20(26)14-4-2-13(3-5-14)10-23-11-16(9-22)15-8-18-17(24-12-15)6-7-19(21)25-18/h2-9,11-12,22-23H,10H2,1H3/b16-11+,22-9?. The predicted octanol–water partition coefficient (Wildman–Crippen LogP) is 3.85. The summed E-state index contributed by atoms with van der Waals surface area (Å²) in [4.78, 5) is 20.1. The van der Waals surface area contributed by atoms with Crippen LogP contribution in [0.4, 0.5) is 0 Å². The van der Waals surface area contributed by atoms with E-state index in [2.05, 4.69) is 20.0 Å². The van der Waals surface area contributed by atoms with Crippen molar-refractivity contribution in [2.45, 2.75) is 6.54 Å². The number of esters is 1.